The summed E-state index contributed by atoms with van der Waals surface area (Å²) in [5.41, 5.74) is 2.39. The largest absolute Gasteiger partial charge is 0.467 e. The fourth-order valence-corrected chi connectivity index (χ4v) is 3.98. The van der Waals surface area contributed by atoms with E-state index in [2.05, 4.69) is 15.3 Å². The number of benzene rings is 2. The lowest BCUT2D eigenvalue weighted by Crippen LogP contribution is -2.45. The van der Waals surface area contributed by atoms with Crippen LogP contribution >= 0.6 is 0 Å². The highest BCUT2D eigenvalue weighted by molar-refractivity contribution is 6.01. The van der Waals surface area contributed by atoms with Crippen molar-refractivity contribution in [1.82, 2.24) is 19.9 Å². The molecule has 1 unspecified atom stereocenters. The molecule has 166 valence electrons. The number of H-pyrrole nitrogens is 1. The monoisotopic (exact) mass is 444 g/mol. The fraction of sp³-hybridized carbons (Fsp3) is 0.167. The van der Waals surface area contributed by atoms with E-state index in [0.29, 0.717) is 11.1 Å². The Labute approximate surface area is 187 Å². The van der Waals surface area contributed by atoms with Crippen molar-refractivity contribution in [3.05, 3.63) is 77.0 Å². The summed E-state index contributed by atoms with van der Waals surface area (Å²) in [6.07, 6.45) is 3.34. The average Bonchev–Trinajstić information content (AvgIpc) is 3.42. The molecule has 0 spiro atoms. The smallest absolute Gasteiger partial charge is 0.328 e. The van der Waals surface area contributed by atoms with Crippen molar-refractivity contribution in [3.63, 3.8) is 0 Å². The molecule has 0 saturated heterocycles. The number of furan rings is 1. The zero-order valence-electron chi connectivity index (χ0n) is 17.7. The van der Waals surface area contributed by atoms with Crippen LogP contribution in [0.15, 0.2) is 70.3 Å². The van der Waals surface area contributed by atoms with E-state index in [-0.39, 0.29) is 18.5 Å². The number of para-hydroxylation sites is 2. The maximum absolute atomic E-state index is 12.9. The van der Waals surface area contributed by atoms with Crippen molar-refractivity contribution >= 4 is 44.8 Å². The lowest BCUT2D eigenvalue weighted by atomic mass is 10.0. The summed E-state index contributed by atoms with van der Waals surface area (Å²) in [7, 11) is 1.26. The van der Waals surface area contributed by atoms with E-state index < -0.39 is 23.5 Å². The second-order valence-corrected chi connectivity index (χ2v) is 7.66. The number of fused-ring (bicyclic) bond motifs is 4. The molecule has 9 nitrogen and oxygen atoms in total. The third-order valence-electron chi connectivity index (χ3n) is 5.58. The summed E-state index contributed by atoms with van der Waals surface area (Å²) in [4.78, 5) is 45.4. The van der Waals surface area contributed by atoms with Crippen molar-refractivity contribution in [1.29, 1.82) is 0 Å². The summed E-state index contributed by atoms with van der Waals surface area (Å²) in [5, 5.41) is 4.36. The molecule has 1 atom stereocenters. The summed E-state index contributed by atoms with van der Waals surface area (Å²) < 4.78 is 11.7. The Hall–Kier alpha value is -4.40. The number of hydrogen-bond acceptors (Lipinski definition) is 6. The normalized spacial score (nSPS) is 12.3. The molecule has 9 heteroatoms. The molecule has 0 saturated carbocycles. The summed E-state index contributed by atoms with van der Waals surface area (Å²) in [5.74, 6) is -1.10. The van der Waals surface area contributed by atoms with Gasteiger partial charge in [-0.1, -0.05) is 30.3 Å². The number of amides is 1. The van der Waals surface area contributed by atoms with Gasteiger partial charge in [-0.05, 0) is 23.8 Å². The first-order chi connectivity index (χ1) is 16.0. The van der Waals surface area contributed by atoms with Crippen molar-refractivity contribution in [2.75, 3.05) is 7.11 Å². The van der Waals surface area contributed by atoms with Gasteiger partial charge in [-0.25, -0.2) is 9.78 Å². The Kier molecular flexibility index (Phi) is 5.14. The summed E-state index contributed by atoms with van der Waals surface area (Å²) in [6, 6.07) is 14.0. The number of hydrogen-bond donors (Lipinski definition) is 2. The highest BCUT2D eigenvalue weighted by Crippen LogP contribution is 2.24. The summed E-state index contributed by atoms with van der Waals surface area (Å²) in [6.45, 7) is -0.319. The van der Waals surface area contributed by atoms with Gasteiger partial charge in [-0.15, -0.1) is 0 Å². The maximum Gasteiger partial charge on any atom is 0.328 e. The fourth-order valence-electron chi connectivity index (χ4n) is 3.98. The van der Waals surface area contributed by atoms with Crippen LogP contribution in [0.25, 0.3) is 33.0 Å². The second kappa shape index (κ2) is 8.27. The molecule has 0 aliphatic rings. The zero-order valence-corrected chi connectivity index (χ0v) is 17.7. The average molecular weight is 444 g/mol. The number of esters is 1. The Morgan fingerprint density at radius 3 is 2.73 bits per heavy atom. The molecule has 0 aliphatic heterocycles. The van der Waals surface area contributed by atoms with Crippen LogP contribution in [0.1, 0.15) is 5.56 Å². The van der Waals surface area contributed by atoms with E-state index in [1.54, 1.807) is 18.3 Å². The van der Waals surface area contributed by atoms with Gasteiger partial charge in [0, 0.05) is 28.9 Å². The number of aromatic amines is 1. The SMILES string of the molecule is COC(=O)C(Cc1c[nH]c2ccccc12)NC(=O)Cn1cnc2c(oc3ccccc32)c1=O. The first kappa shape index (κ1) is 20.5. The molecule has 2 N–H and O–H groups in total. The van der Waals surface area contributed by atoms with Crippen molar-refractivity contribution in [3.8, 4) is 0 Å². The maximum atomic E-state index is 12.9. The highest BCUT2D eigenvalue weighted by atomic mass is 16.5. The number of aromatic nitrogens is 3. The van der Waals surface area contributed by atoms with E-state index in [1.165, 1.54) is 13.4 Å². The highest BCUT2D eigenvalue weighted by Gasteiger charge is 2.24. The topological polar surface area (TPSA) is 119 Å². The molecule has 33 heavy (non-hydrogen) atoms. The van der Waals surface area contributed by atoms with Crippen molar-refractivity contribution in [2.45, 2.75) is 19.0 Å². The molecule has 3 aromatic heterocycles. The molecule has 0 radical (unpaired) electrons. The van der Waals surface area contributed by atoms with Crippen LogP contribution in [0.5, 0.6) is 0 Å². The van der Waals surface area contributed by atoms with E-state index in [4.69, 9.17) is 9.15 Å². The van der Waals surface area contributed by atoms with Gasteiger partial charge in [-0.2, -0.15) is 0 Å². The van der Waals surface area contributed by atoms with Crippen LogP contribution in [-0.2, 0) is 27.3 Å². The molecule has 0 bridgehead atoms. The van der Waals surface area contributed by atoms with Gasteiger partial charge in [0.15, 0.2) is 0 Å². The van der Waals surface area contributed by atoms with E-state index in [1.807, 2.05) is 36.4 Å². The lowest BCUT2D eigenvalue weighted by Gasteiger charge is -2.16. The number of carbonyl (C=O) groups is 2. The van der Waals surface area contributed by atoms with Crippen LogP contribution in [0.2, 0.25) is 0 Å². The molecule has 3 heterocycles. The van der Waals surface area contributed by atoms with Crippen molar-refractivity contribution in [2.24, 2.45) is 0 Å². The van der Waals surface area contributed by atoms with Crippen LogP contribution in [0.4, 0.5) is 0 Å². The van der Waals surface area contributed by atoms with Crippen LogP contribution in [-0.4, -0.2) is 39.6 Å². The van der Waals surface area contributed by atoms with Crippen LogP contribution < -0.4 is 10.9 Å². The Balaban J connectivity index is 1.38. The second-order valence-electron chi connectivity index (χ2n) is 7.66. The number of rotatable bonds is 6. The van der Waals surface area contributed by atoms with Gasteiger partial charge in [0.2, 0.25) is 11.5 Å². The molecule has 2 aromatic carbocycles. The molecular weight excluding hydrogens is 424 g/mol. The summed E-state index contributed by atoms with van der Waals surface area (Å²) >= 11 is 0. The zero-order chi connectivity index (χ0) is 22.9. The van der Waals surface area contributed by atoms with Gasteiger partial charge >= 0.3 is 5.97 Å². The Morgan fingerprint density at radius 2 is 1.91 bits per heavy atom. The molecule has 0 aliphatic carbocycles. The van der Waals surface area contributed by atoms with Crippen LogP contribution in [0.3, 0.4) is 0 Å². The first-order valence-electron chi connectivity index (χ1n) is 10.3. The Morgan fingerprint density at radius 1 is 1.15 bits per heavy atom. The van der Waals surface area contributed by atoms with E-state index in [9.17, 15) is 14.4 Å². The molecular formula is C24H20N4O5. The van der Waals surface area contributed by atoms with Crippen LogP contribution in [0, 0.1) is 0 Å². The molecule has 0 fully saturated rings. The van der Waals surface area contributed by atoms with E-state index >= 15 is 0 Å². The predicted octanol–water partition coefficient (Wildman–Crippen LogP) is 2.52. The molecule has 5 rings (SSSR count). The molecule has 5 aromatic rings. The van der Waals surface area contributed by atoms with Crippen molar-refractivity contribution < 1.29 is 18.7 Å². The predicted molar refractivity (Wildman–Crippen MR) is 122 cm³/mol. The minimum Gasteiger partial charge on any atom is -0.467 e. The lowest BCUT2D eigenvalue weighted by molar-refractivity contribution is -0.145. The van der Waals surface area contributed by atoms with Gasteiger partial charge in [0.05, 0.1) is 13.4 Å². The quantitative estimate of drug-likeness (QED) is 0.389. The van der Waals surface area contributed by atoms with Gasteiger partial charge in [0.25, 0.3) is 5.56 Å². The third-order valence-corrected chi connectivity index (χ3v) is 5.58. The number of ether oxygens (including phenoxy) is 1. The minimum absolute atomic E-state index is 0.0785. The van der Waals surface area contributed by atoms with Gasteiger partial charge < -0.3 is 19.5 Å². The van der Waals surface area contributed by atoms with Gasteiger partial charge in [0.1, 0.15) is 23.7 Å². The number of nitrogens with zero attached hydrogens (tertiary/aromatic N) is 2. The first-order valence-corrected chi connectivity index (χ1v) is 10.3. The Bertz CT molecular complexity index is 1560. The van der Waals surface area contributed by atoms with Gasteiger partial charge in [-0.3, -0.25) is 14.2 Å². The minimum atomic E-state index is -0.916. The standard InChI is InChI=1S/C24H20N4O5/c1-32-24(31)18(10-14-11-25-17-8-4-2-6-15(14)17)27-20(29)12-28-13-26-21-16-7-3-5-9-19(16)33-22(21)23(28)30/h2-9,11,13,18,25H,10,12H2,1H3,(H,27,29). The number of nitrogens with one attached hydrogen (secondary N) is 2. The molecule has 1 amide bonds. The van der Waals surface area contributed by atoms with E-state index in [0.717, 1.165) is 26.4 Å². The third kappa shape index (κ3) is 3.73. The number of methoxy groups -OCH3 is 1. The number of carbonyl (C=O) groups excluding carboxylic acids is 2.